The van der Waals surface area contributed by atoms with E-state index in [1.54, 1.807) is 48.5 Å². The molecule has 142 valence electrons. The molecule has 7 nitrogen and oxygen atoms in total. The molecule has 2 aliphatic rings. The zero-order chi connectivity index (χ0) is 19.7. The molecule has 2 aromatic rings. The molecule has 2 aliphatic heterocycles. The minimum atomic E-state index is -1.41. The van der Waals surface area contributed by atoms with Crippen LogP contribution in [0, 0.1) is 0 Å². The molecule has 4 rings (SSSR count). The summed E-state index contributed by atoms with van der Waals surface area (Å²) < 4.78 is 0. The number of hydrogen-bond acceptors (Lipinski definition) is 4. The van der Waals surface area contributed by atoms with E-state index in [0.29, 0.717) is 30.5 Å². The Morgan fingerprint density at radius 3 is 2.00 bits per heavy atom. The maximum absolute atomic E-state index is 13.5. The van der Waals surface area contributed by atoms with Crippen LogP contribution in [0.3, 0.4) is 0 Å². The molecule has 0 bridgehead atoms. The maximum Gasteiger partial charge on any atom is 0.326 e. The summed E-state index contributed by atoms with van der Waals surface area (Å²) in [5.41, 5.74) is -0.201. The molecule has 5 amide bonds. The average molecular weight is 377 g/mol. The largest absolute Gasteiger partial charge is 0.326 e. The minimum Gasteiger partial charge on any atom is -0.315 e. The van der Waals surface area contributed by atoms with Crippen molar-refractivity contribution in [3.63, 3.8) is 0 Å². The molecular weight excluding hydrogens is 358 g/mol. The van der Waals surface area contributed by atoms with Crippen molar-refractivity contribution in [2.24, 2.45) is 0 Å². The van der Waals surface area contributed by atoms with Gasteiger partial charge in [-0.15, -0.1) is 0 Å². The summed E-state index contributed by atoms with van der Waals surface area (Å²) in [4.78, 5) is 52.5. The van der Waals surface area contributed by atoms with Gasteiger partial charge in [-0.1, -0.05) is 60.7 Å². The van der Waals surface area contributed by atoms with Gasteiger partial charge in [-0.25, -0.2) is 4.79 Å². The summed E-state index contributed by atoms with van der Waals surface area (Å²) in [6, 6.07) is 17.2. The smallest absolute Gasteiger partial charge is 0.315 e. The highest BCUT2D eigenvalue weighted by molar-refractivity contribution is 6.12. The quantitative estimate of drug-likeness (QED) is 0.821. The number of nitrogens with one attached hydrogen (secondary N) is 1. The average Bonchev–Trinajstić information content (AvgIpc) is 3.26. The third-order valence-electron chi connectivity index (χ3n) is 5.19. The molecule has 2 aromatic carbocycles. The Morgan fingerprint density at radius 2 is 1.50 bits per heavy atom. The zero-order valence-electron chi connectivity index (χ0n) is 15.1. The fourth-order valence-electron chi connectivity index (χ4n) is 3.79. The Hall–Kier alpha value is -3.48. The number of nitrogens with zero attached hydrogens (tertiary/aromatic N) is 2. The summed E-state index contributed by atoms with van der Waals surface area (Å²) in [6.07, 6.45) is 0.909. The second kappa shape index (κ2) is 6.92. The number of urea groups is 1. The summed E-state index contributed by atoms with van der Waals surface area (Å²) >= 11 is 0. The van der Waals surface area contributed by atoms with Crippen molar-refractivity contribution in [3.05, 3.63) is 71.8 Å². The van der Waals surface area contributed by atoms with E-state index in [1.807, 2.05) is 12.1 Å². The standard InChI is InChI=1S/C21H19N3O4/c25-17-12-7-13-23(17)18(26)14-24-19(27)21(22-20(24)28,15-8-3-1-4-9-15)16-10-5-2-6-11-16/h1-6,8-11H,7,12-14H2,(H,22,28). The van der Waals surface area contributed by atoms with Gasteiger partial charge >= 0.3 is 6.03 Å². The molecule has 0 saturated carbocycles. The summed E-state index contributed by atoms with van der Waals surface area (Å²) in [6.45, 7) is -0.137. The van der Waals surface area contributed by atoms with Crippen LogP contribution in [0.15, 0.2) is 60.7 Å². The Bertz CT molecular complexity index is 903. The first kappa shape index (κ1) is 17.9. The van der Waals surface area contributed by atoms with E-state index >= 15 is 0 Å². The third-order valence-corrected chi connectivity index (χ3v) is 5.19. The van der Waals surface area contributed by atoms with Gasteiger partial charge < -0.3 is 5.32 Å². The van der Waals surface area contributed by atoms with Crippen molar-refractivity contribution in [1.82, 2.24) is 15.1 Å². The summed E-state index contributed by atoms with van der Waals surface area (Å²) in [7, 11) is 0. The predicted octanol–water partition coefficient (Wildman–Crippen LogP) is 1.63. The van der Waals surface area contributed by atoms with E-state index in [4.69, 9.17) is 0 Å². The second-order valence-corrected chi connectivity index (χ2v) is 6.85. The van der Waals surface area contributed by atoms with E-state index in [-0.39, 0.29) is 5.91 Å². The van der Waals surface area contributed by atoms with Gasteiger partial charge in [0.2, 0.25) is 11.8 Å². The summed E-state index contributed by atoms with van der Waals surface area (Å²) in [5, 5.41) is 2.79. The highest BCUT2D eigenvalue weighted by Crippen LogP contribution is 2.36. The first-order chi connectivity index (χ1) is 13.5. The number of carbonyl (C=O) groups is 4. The molecule has 28 heavy (non-hydrogen) atoms. The number of imide groups is 2. The van der Waals surface area contributed by atoms with Gasteiger partial charge in [-0.05, 0) is 17.5 Å². The monoisotopic (exact) mass is 377 g/mol. The molecule has 0 atom stereocenters. The second-order valence-electron chi connectivity index (χ2n) is 6.85. The predicted molar refractivity (Wildman–Crippen MR) is 99.9 cm³/mol. The molecule has 0 radical (unpaired) electrons. The highest BCUT2D eigenvalue weighted by Gasteiger charge is 2.54. The van der Waals surface area contributed by atoms with Crippen molar-refractivity contribution >= 4 is 23.8 Å². The van der Waals surface area contributed by atoms with Crippen molar-refractivity contribution in [1.29, 1.82) is 0 Å². The molecule has 0 spiro atoms. The Morgan fingerprint density at radius 1 is 0.929 bits per heavy atom. The molecule has 2 saturated heterocycles. The van der Waals surface area contributed by atoms with Crippen LogP contribution < -0.4 is 5.32 Å². The summed E-state index contributed by atoms with van der Waals surface area (Å²) in [5.74, 6) is -1.34. The lowest BCUT2D eigenvalue weighted by atomic mass is 9.82. The van der Waals surface area contributed by atoms with E-state index in [1.165, 1.54) is 0 Å². The molecule has 2 fully saturated rings. The first-order valence-electron chi connectivity index (χ1n) is 9.12. The van der Waals surface area contributed by atoms with Crippen LogP contribution in [-0.4, -0.2) is 46.6 Å². The van der Waals surface area contributed by atoms with Gasteiger partial charge in [0.05, 0.1) is 0 Å². The maximum atomic E-state index is 13.5. The zero-order valence-corrected chi connectivity index (χ0v) is 15.1. The Kier molecular flexibility index (Phi) is 4.43. The fraction of sp³-hybridized carbons (Fsp3) is 0.238. The van der Waals surface area contributed by atoms with E-state index in [9.17, 15) is 19.2 Å². The number of carbonyl (C=O) groups excluding carboxylic acids is 4. The van der Waals surface area contributed by atoms with Gasteiger partial charge in [0, 0.05) is 13.0 Å². The van der Waals surface area contributed by atoms with Gasteiger partial charge in [0.25, 0.3) is 5.91 Å². The van der Waals surface area contributed by atoms with E-state index in [0.717, 1.165) is 9.80 Å². The SMILES string of the molecule is O=C1CCCN1C(=O)CN1C(=O)NC(c2ccccc2)(c2ccccc2)C1=O. The molecule has 0 aliphatic carbocycles. The van der Waals surface area contributed by atoms with Crippen molar-refractivity contribution < 1.29 is 19.2 Å². The van der Waals surface area contributed by atoms with E-state index < -0.39 is 29.9 Å². The van der Waals surface area contributed by atoms with E-state index in [2.05, 4.69) is 5.32 Å². The lowest BCUT2D eigenvalue weighted by Crippen LogP contribution is -2.46. The molecular formula is C21H19N3O4. The fourth-order valence-corrected chi connectivity index (χ4v) is 3.79. The number of amides is 5. The molecule has 1 N–H and O–H groups in total. The van der Waals surface area contributed by atoms with Crippen LogP contribution >= 0.6 is 0 Å². The van der Waals surface area contributed by atoms with Gasteiger partial charge in [-0.3, -0.25) is 24.2 Å². The van der Waals surface area contributed by atoms with Crippen LogP contribution in [0.4, 0.5) is 4.79 Å². The van der Waals surface area contributed by atoms with Gasteiger partial charge in [-0.2, -0.15) is 0 Å². The number of hydrogen-bond donors (Lipinski definition) is 1. The number of rotatable bonds is 4. The topological polar surface area (TPSA) is 86.8 Å². The van der Waals surface area contributed by atoms with Gasteiger partial charge in [0.1, 0.15) is 6.54 Å². The normalized spacial score (nSPS) is 18.5. The number of likely N-dealkylation sites (tertiary alicyclic amines) is 1. The van der Waals surface area contributed by atoms with Crippen LogP contribution in [0.25, 0.3) is 0 Å². The molecule has 2 heterocycles. The molecule has 0 aromatic heterocycles. The highest BCUT2D eigenvalue weighted by atomic mass is 16.2. The van der Waals surface area contributed by atoms with Gasteiger partial charge in [0.15, 0.2) is 5.54 Å². The molecule has 7 heteroatoms. The van der Waals surface area contributed by atoms with Crippen molar-refractivity contribution in [2.75, 3.05) is 13.1 Å². The first-order valence-corrected chi connectivity index (χ1v) is 9.12. The lowest BCUT2D eigenvalue weighted by molar-refractivity contribution is -0.144. The lowest BCUT2D eigenvalue weighted by Gasteiger charge is -2.28. The van der Waals surface area contributed by atoms with Crippen molar-refractivity contribution in [2.45, 2.75) is 18.4 Å². The van der Waals surface area contributed by atoms with Crippen LogP contribution in [0.2, 0.25) is 0 Å². The van der Waals surface area contributed by atoms with Crippen LogP contribution in [0.1, 0.15) is 24.0 Å². The van der Waals surface area contributed by atoms with Crippen molar-refractivity contribution in [3.8, 4) is 0 Å². The third kappa shape index (κ3) is 2.76. The Labute approximate surface area is 161 Å². The van der Waals surface area contributed by atoms with Crippen LogP contribution in [0.5, 0.6) is 0 Å². The molecule has 0 unspecified atom stereocenters. The van der Waals surface area contributed by atoms with Crippen LogP contribution in [-0.2, 0) is 19.9 Å². The number of benzene rings is 2. The minimum absolute atomic E-state index is 0.269. The Balaban J connectivity index is 1.71.